The van der Waals surface area contributed by atoms with Crippen LogP contribution in [-0.4, -0.2) is 84.4 Å². The van der Waals surface area contributed by atoms with Crippen LogP contribution in [0.3, 0.4) is 0 Å². The average Bonchev–Trinajstić information content (AvgIpc) is 3.15. The van der Waals surface area contributed by atoms with Crippen LogP contribution in [-0.2, 0) is 32.5 Å². The number of carbonyl (C=O) groups excluding carboxylic acids is 3. The van der Waals surface area contributed by atoms with Gasteiger partial charge < -0.3 is 20.6 Å². The molecule has 17 heteroatoms. The van der Waals surface area contributed by atoms with Gasteiger partial charge in [-0.2, -0.15) is 0 Å². The summed E-state index contributed by atoms with van der Waals surface area (Å²) in [6.45, 7) is 3.06. The van der Waals surface area contributed by atoms with E-state index in [2.05, 4.69) is 20.6 Å². The Balaban J connectivity index is 1.12. The highest BCUT2D eigenvalue weighted by molar-refractivity contribution is 7.92. The molecule has 2 aliphatic heterocycles. The van der Waals surface area contributed by atoms with Crippen molar-refractivity contribution in [3.05, 3.63) is 102 Å². The van der Waals surface area contributed by atoms with Crippen molar-refractivity contribution >= 4 is 45.2 Å². The fraction of sp³-hybridized carbons (Fsp3) is 0.278. The minimum absolute atomic E-state index is 0.247. The number of carboxylic acid groups (broad SMARTS) is 1. The minimum atomic E-state index is -4.40. The molecule has 276 valence electrons. The lowest BCUT2D eigenvalue weighted by molar-refractivity contribution is -0.139. The number of rotatable bonds is 11. The highest BCUT2D eigenvalue weighted by Crippen LogP contribution is 2.31. The van der Waals surface area contributed by atoms with Crippen molar-refractivity contribution in [3.63, 3.8) is 0 Å². The SMILES string of the molecule is CCc1ncc(-c2ccc(S(=O)(=O)Nc3cc(F)c(C(=O)N[C@@H](Cc4ccc(N5C(=O)C6CCNCC6N(C)C5=O)cc4)C(=O)O)cc3F)cc2)cn1. The molecule has 0 aliphatic carbocycles. The maximum Gasteiger partial charge on any atom is 0.331 e. The van der Waals surface area contributed by atoms with Crippen LogP contribution in [0.1, 0.15) is 35.1 Å². The summed E-state index contributed by atoms with van der Waals surface area (Å²) in [6.07, 6.45) is 4.14. The van der Waals surface area contributed by atoms with Gasteiger partial charge in [-0.25, -0.2) is 41.7 Å². The van der Waals surface area contributed by atoms with E-state index in [1.54, 1.807) is 19.4 Å². The van der Waals surface area contributed by atoms with Crippen LogP contribution >= 0.6 is 0 Å². The summed E-state index contributed by atoms with van der Waals surface area (Å²) in [5, 5.41) is 15.2. The lowest BCUT2D eigenvalue weighted by Crippen LogP contribution is -2.65. The van der Waals surface area contributed by atoms with Gasteiger partial charge in [0.2, 0.25) is 5.91 Å². The van der Waals surface area contributed by atoms with E-state index in [1.165, 1.54) is 53.4 Å². The van der Waals surface area contributed by atoms with Crippen LogP contribution in [0.25, 0.3) is 11.1 Å². The molecule has 0 radical (unpaired) electrons. The number of amides is 4. The molecule has 3 atom stereocenters. The Labute approximate surface area is 303 Å². The van der Waals surface area contributed by atoms with E-state index in [1.807, 2.05) is 11.6 Å². The number of nitrogens with zero attached hydrogens (tertiary/aromatic N) is 4. The molecule has 4 amide bonds. The number of anilines is 2. The lowest BCUT2D eigenvalue weighted by atomic mass is 9.88. The monoisotopic (exact) mass is 747 g/mol. The first-order valence-corrected chi connectivity index (χ1v) is 18.1. The van der Waals surface area contributed by atoms with Crippen LogP contribution in [0.2, 0.25) is 0 Å². The van der Waals surface area contributed by atoms with Crippen molar-refractivity contribution in [2.24, 2.45) is 5.92 Å². The number of carbonyl (C=O) groups is 4. The highest BCUT2D eigenvalue weighted by atomic mass is 32.2. The van der Waals surface area contributed by atoms with Gasteiger partial charge in [-0.1, -0.05) is 31.2 Å². The molecule has 6 rings (SSSR count). The lowest BCUT2D eigenvalue weighted by Gasteiger charge is -2.45. The molecular weight excluding hydrogens is 713 g/mol. The van der Waals surface area contributed by atoms with Gasteiger partial charge in [-0.3, -0.25) is 14.3 Å². The van der Waals surface area contributed by atoms with Gasteiger partial charge in [0.15, 0.2) is 0 Å². The fourth-order valence-electron chi connectivity index (χ4n) is 6.30. The van der Waals surface area contributed by atoms with E-state index in [4.69, 9.17) is 0 Å². The number of sulfonamides is 1. The normalized spacial score (nSPS) is 18.0. The van der Waals surface area contributed by atoms with Gasteiger partial charge in [0, 0.05) is 50.5 Å². The molecule has 4 aromatic rings. The van der Waals surface area contributed by atoms with Crippen molar-refractivity contribution in [1.29, 1.82) is 0 Å². The summed E-state index contributed by atoms with van der Waals surface area (Å²) in [5.74, 6) is -5.36. The summed E-state index contributed by atoms with van der Waals surface area (Å²) in [6, 6.07) is 10.2. The van der Waals surface area contributed by atoms with Crippen molar-refractivity contribution in [2.75, 3.05) is 29.8 Å². The third-order valence-corrected chi connectivity index (χ3v) is 10.7. The first kappa shape index (κ1) is 37.0. The van der Waals surface area contributed by atoms with Crippen molar-refractivity contribution in [3.8, 4) is 11.1 Å². The second-order valence-corrected chi connectivity index (χ2v) is 14.3. The summed E-state index contributed by atoms with van der Waals surface area (Å²) >= 11 is 0. The van der Waals surface area contributed by atoms with Gasteiger partial charge in [0.1, 0.15) is 23.5 Å². The molecule has 3 heterocycles. The number of hydrogen-bond acceptors (Lipinski definition) is 9. The molecule has 3 aromatic carbocycles. The molecule has 53 heavy (non-hydrogen) atoms. The molecule has 14 nitrogen and oxygen atoms in total. The predicted octanol–water partition coefficient (Wildman–Crippen LogP) is 3.59. The van der Waals surface area contributed by atoms with Gasteiger partial charge >= 0.3 is 12.0 Å². The zero-order chi connectivity index (χ0) is 38.0. The van der Waals surface area contributed by atoms with E-state index >= 15 is 8.78 Å². The van der Waals surface area contributed by atoms with E-state index in [0.717, 1.165) is 4.90 Å². The summed E-state index contributed by atoms with van der Waals surface area (Å²) in [7, 11) is -2.77. The van der Waals surface area contributed by atoms with Gasteiger partial charge in [-0.05, 0) is 54.4 Å². The van der Waals surface area contributed by atoms with Crippen molar-refractivity contribution in [2.45, 2.75) is 43.2 Å². The van der Waals surface area contributed by atoms with E-state index in [9.17, 15) is 32.7 Å². The number of halogens is 2. The number of aryl methyl sites for hydroxylation is 1. The van der Waals surface area contributed by atoms with E-state index in [-0.39, 0.29) is 29.2 Å². The number of aliphatic carboxylic acids is 1. The van der Waals surface area contributed by atoms with Crippen molar-refractivity contribution in [1.82, 2.24) is 25.5 Å². The summed E-state index contributed by atoms with van der Waals surface area (Å²) in [5.41, 5.74) is 0.352. The van der Waals surface area contributed by atoms with Crippen molar-refractivity contribution < 1.29 is 41.5 Å². The minimum Gasteiger partial charge on any atom is -0.480 e. The van der Waals surface area contributed by atoms with Gasteiger partial charge in [-0.15, -0.1) is 0 Å². The first-order chi connectivity index (χ1) is 25.3. The second kappa shape index (κ2) is 15.0. The number of imide groups is 1. The van der Waals surface area contributed by atoms with Crippen LogP contribution in [0.5, 0.6) is 0 Å². The number of fused-ring (bicyclic) bond motifs is 1. The second-order valence-electron chi connectivity index (χ2n) is 12.7. The Bertz CT molecular complexity index is 2170. The number of urea groups is 1. The van der Waals surface area contributed by atoms with Crippen LogP contribution in [0.4, 0.5) is 25.0 Å². The number of nitrogens with one attached hydrogen (secondary N) is 3. The Morgan fingerprint density at radius 3 is 2.32 bits per heavy atom. The molecule has 2 aliphatic rings. The van der Waals surface area contributed by atoms with Crippen LogP contribution < -0.4 is 20.3 Å². The molecule has 0 saturated carbocycles. The molecule has 4 N–H and O–H groups in total. The predicted molar refractivity (Wildman–Crippen MR) is 188 cm³/mol. The summed E-state index contributed by atoms with van der Waals surface area (Å²) in [4.78, 5) is 62.2. The molecule has 0 spiro atoms. The number of carboxylic acids is 1. The summed E-state index contributed by atoms with van der Waals surface area (Å²) < 4.78 is 58.3. The Morgan fingerprint density at radius 1 is 1.00 bits per heavy atom. The molecule has 0 bridgehead atoms. The van der Waals surface area contributed by atoms with Crippen LogP contribution in [0.15, 0.2) is 78.0 Å². The maximum absolute atomic E-state index is 15.2. The van der Waals surface area contributed by atoms with Gasteiger partial charge in [0.05, 0.1) is 33.8 Å². The standard InChI is InChI=1S/C36H35F2N7O7S/c1-3-32-40-17-22(18-41-32)21-6-10-24(11-7-21)53(51,52)43-29-16-27(37)26(15-28(29)38)33(46)42-30(35(48)49)14-20-4-8-23(9-5-20)45-34(47)25-12-13-39-19-31(25)44(2)36(45)50/h4-11,15-18,25,30-31,39,43H,3,12-14,19H2,1-2H3,(H,42,46)(H,48,49)/t25?,30-,31?/m0/s1. The fourth-order valence-corrected chi connectivity index (χ4v) is 7.36. The molecule has 2 fully saturated rings. The third-order valence-electron chi connectivity index (χ3n) is 9.28. The van der Waals surface area contributed by atoms with Gasteiger partial charge in [0.25, 0.3) is 15.9 Å². The zero-order valence-corrected chi connectivity index (χ0v) is 29.4. The number of aromatic nitrogens is 2. The maximum atomic E-state index is 15.2. The number of benzene rings is 3. The average molecular weight is 748 g/mol. The smallest absolute Gasteiger partial charge is 0.331 e. The zero-order valence-electron chi connectivity index (χ0n) is 28.5. The quantitative estimate of drug-likeness (QED) is 0.176. The topological polar surface area (TPSA) is 191 Å². The Morgan fingerprint density at radius 2 is 1.68 bits per heavy atom. The van der Waals surface area contributed by atoms with E-state index in [0.29, 0.717) is 66.3 Å². The number of hydrogen-bond donors (Lipinski definition) is 4. The third kappa shape index (κ3) is 7.71. The van der Waals surface area contributed by atoms with Crippen LogP contribution in [0, 0.1) is 17.6 Å². The molecule has 1 aromatic heterocycles. The Hall–Kier alpha value is -5.81. The Kier molecular flexibility index (Phi) is 10.5. The molecule has 2 saturated heterocycles. The number of likely N-dealkylation sites (N-methyl/N-ethyl adjacent to an activating group) is 1. The molecular formula is C36H35F2N7O7S. The largest absolute Gasteiger partial charge is 0.480 e. The first-order valence-electron chi connectivity index (χ1n) is 16.6. The van der Waals surface area contributed by atoms with E-state index < -0.39 is 56.9 Å². The highest BCUT2D eigenvalue weighted by Gasteiger charge is 2.46. The molecule has 2 unspecified atom stereocenters. The number of piperidine rings is 1.